The number of hydrogen-bond acceptors (Lipinski definition) is 3. The van der Waals surface area contributed by atoms with Gasteiger partial charge >= 0.3 is 0 Å². The fourth-order valence-electron chi connectivity index (χ4n) is 1.58. The van der Waals surface area contributed by atoms with Gasteiger partial charge in [-0.2, -0.15) is 0 Å². The zero-order valence-corrected chi connectivity index (χ0v) is 15.0. The first-order chi connectivity index (χ1) is 9.97. The van der Waals surface area contributed by atoms with E-state index in [2.05, 4.69) is 47.5 Å². The number of hydrogen-bond donors (Lipinski definition) is 2. The van der Waals surface area contributed by atoms with Crippen molar-refractivity contribution < 1.29 is 4.79 Å². The Morgan fingerprint density at radius 1 is 1.14 bits per heavy atom. The summed E-state index contributed by atoms with van der Waals surface area (Å²) in [5, 5.41) is 5.70. The number of anilines is 1. The number of halogens is 2. The molecule has 1 amide bonds. The Morgan fingerprint density at radius 2 is 1.86 bits per heavy atom. The molecule has 0 saturated carbocycles. The zero-order chi connectivity index (χ0) is 15.4. The third-order valence-corrected chi connectivity index (χ3v) is 4.34. The van der Waals surface area contributed by atoms with Crippen molar-refractivity contribution in [2.24, 2.45) is 0 Å². The number of thiocarbonyl (C=S) groups is 1. The first-order valence-electron chi connectivity index (χ1n) is 5.97. The van der Waals surface area contributed by atoms with E-state index in [0.29, 0.717) is 15.9 Å². The molecule has 2 N–H and O–H groups in total. The molecule has 2 rings (SSSR count). The van der Waals surface area contributed by atoms with Crippen LogP contribution in [0.3, 0.4) is 0 Å². The summed E-state index contributed by atoms with van der Waals surface area (Å²) < 4.78 is 1.62. The van der Waals surface area contributed by atoms with Crippen LogP contribution in [0.5, 0.6) is 0 Å². The minimum atomic E-state index is -0.284. The Morgan fingerprint density at radius 3 is 2.52 bits per heavy atom. The Balaban J connectivity index is 2.03. The van der Waals surface area contributed by atoms with Crippen LogP contribution in [0.4, 0.5) is 5.82 Å². The van der Waals surface area contributed by atoms with Gasteiger partial charge in [-0.1, -0.05) is 12.1 Å². The summed E-state index contributed by atoms with van der Waals surface area (Å²) in [5.74, 6) is 0.293. The van der Waals surface area contributed by atoms with Crippen LogP contribution in [-0.2, 0) is 0 Å². The number of amides is 1. The van der Waals surface area contributed by atoms with Crippen molar-refractivity contribution >= 4 is 60.9 Å². The summed E-state index contributed by atoms with van der Waals surface area (Å²) in [5.41, 5.74) is 1.35. The summed E-state index contributed by atoms with van der Waals surface area (Å²) in [4.78, 5) is 16.4. The van der Waals surface area contributed by atoms with E-state index in [0.717, 1.165) is 10.2 Å². The first kappa shape index (κ1) is 16.1. The predicted octanol–water partition coefficient (Wildman–Crippen LogP) is 4.04. The molecule has 1 aromatic heterocycles. The molecular weight excluding hydrogens is 418 g/mol. The number of aromatic nitrogens is 1. The van der Waals surface area contributed by atoms with E-state index < -0.39 is 0 Å². The maximum absolute atomic E-state index is 12.1. The van der Waals surface area contributed by atoms with Gasteiger partial charge in [0.05, 0.1) is 11.3 Å². The van der Waals surface area contributed by atoms with Crippen LogP contribution >= 0.6 is 44.1 Å². The SMILES string of the molecule is Cc1nc(NC(=S)NC(=O)c2ccccc2Br)ccc1Br. The molecule has 21 heavy (non-hydrogen) atoms. The monoisotopic (exact) mass is 427 g/mol. The maximum atomic E-state index is 12.1. The quantitative estimate of drug-likeness (QED) is 0.708. The average molecular weight is 429 g/mol. The van der Waals surface area contributed by atoms with Crippen molar-refractivity contribution in [3.63, 3.8) is 0 Å². The third kappa shape index (κ3) is 4.33. The highest BCUT2D eigenvalue weighted by molar-refractivity contribution is 9.10. The number of pyridine rings is 1. The number of nitrogens with zero attached hydrogens (tertiary/aromatic N) is 1. The molecule has 4 nitrogen and oxygen atoms in total. The molecule has 0 bridgehead atoms. The Kier molecular flexibility index (Phi) is 5.44. The highest BCUT2D eigenvalue weighted by Crippen LogP contribution is 2.17. The van der Waals surface area contributed by atoms with Crippen LogP contribution in [0.1, 0.15) is 16.1 Å². The predicted molar refractivity (Wildman–Crippen MR) is 94.5 cm³/mol. The Labute approximate surface area is 144 Å². The van der Waals surface area contributed by atoms with Crippen molar-refractivity contribution in [3.05, 3.63) is 56.6 Å². The highest BCUT2D eigenvalue weighted by Gasteiger charge is 2.11. The lowest BCUT2D eigenvalue weighted by Crippen LogP contribution is -2.34. The van der Waals surface area contributed by atoms with Crippen LogP contribution in [0.25, 0.3) is 0 Å². The number of aryl methyl sites for hydroxylation is 1. The van der Waals surface area contributed by atoms with Gasteiger partial charge in [-0.25, -0.2) is 4.98 Å². The molecule has 0 unspecified atom stereocenters. The summed E-state index contributed by atoms with van der Waals surface area (Å²) in [6, 6.07) is 10.8. The second kappa shape index (κ2) is 7.11. The largest absolute Gasteiger partial charge is 0.317 e. The lowest BCUT2D eigenvalue weighted by Gasteiger charge is -2.10. The minimum absolute atomic E-state index is 0.199. The highest BCUT2D eigenvalue weighted by atomic mass is 79.9. The van der Waals surface area contributed by atoms with E-state index in [9.17, 15) is 4.79 Å². The number of carbonyl (C=O) groups excluding carboxylic acids is 1. The van der Waals surface area contributed by atoms with Crippen LogP contribution in [0, 0.1) is 6.92 Å². The molecule has 0 saturated heterocycles. The lowest BCUT2D eigenvalue weighted by molar-refractivity contribution is 0.0977. The molecule has 0 spiro atoms. The standard InChI is InChI=1S/C14H11Br2N3OS/c1-8-10(15)6-7-12(17-8)18-14(21)19-13(20)9-4-2-3-5-11(9)16/h2-7H,1H3,(H2,17,18,19,20,21). The number of carbonyl (C=O) groups is 1. The van der Waals surface area contributed by atoms with Crippen molar-refractivity contribution in [1.82, 2.24) is 10.3 Å². The fraction of sp³-hybridized carbons (Fsp3) is 0.0714. The Bertz CT molecular complexity index is 706. The van der Waals surface area contributed by atoms with Gasteiger partial charge in [0.15, 0.2) is 5.11 Å². The summed E-state index contributed by atoms with van der Waals surface area (Å²) >= 11 is 11.8. The fourth-order valence-corrected chi connectivity index (χ4v) is 2.46. The third-order valence-electron chi connectivity index (χ3n) is 2.61. The summed E-state index contributed by atoms with van der Waals surface area (Å²) in [7, 11) is 0. The molecule has 1 heterocycles. The lowest BCUT2D eigenvalue weighted by atomic mass is 10.2. The summed E-state index contributed by atoms with van der Waals surface area (Å²) in [6.07, 6.45) is 0. The molecule has 2 aromatic rings. The van der Waals surface area contributed by atoms with Gasteiger partial charge in [0.1, 0.15) is 5.82 Å². The van der Waals surface area contributed by atoms with Crippen LogP contribution in [0.2, 0.25) is 0 Å². The van der Waals surface area contributed by atoms with E-state index in [1.807, 2.05) is 19.1 Å². The van der Waals surface area contributed by atoms with Gasteiger partial charge < -0.3 is 5.32 Å². The molecular formula is C14H11Br2N3OS. The van der Waals surface area contributed by atoms with E-state index in [-0.39, 0.29) is 11.0 Å². The van der Waals surface area contributed by atoms with E-state index in [4.69, 9.17) is 12.2 Å². The van der Waals surface area contributed by atoms with Gasteiger partial charge in [0, 0.05) is 8.95 Å². The van der Waals surface area contributed by atoms with Gasteiger partial charge in [0.25, 0.3) is 5.91 Å². The van der Waals surface area contributed by atoms with Crippen LogP contribution in [0.15, 0.2) is 45.3 Å². The van der Waals surface area contributed by atoms with E-state index >= 15 is 0 Å². The van der Waals surface area contributed by atoms with Crippen molar-refractivity contribution in [1.29, 1.82) is 0 Å². The molecule has 7 heteroatoms. The zero-order valence-electron chi connectivity index (χ0n) is 11.0. The smallest absolute Gasteiger partial charge is 0.258 e. The normalized spacial score (nSPS) is 10.0. The van der Waals surface area contributed by atoms with Gasteiger partial charge in [0.2, 0.25) is 0 Å². The molecule has 1 aromatic carbocycles. The van der Waals surface area contributed by atoms with Crippen molar-refractivity contribution in [3.8, 4) is 0 Å². The molecule has 0 fully saturated rings. The number of nitrogens with one attached hydrogen (secondary N) is 2. The minimum Gasteiger partial charge on any atom is -0.317 e. The second-order valence-electron chi connectivity index (χ2n) is 4.15. The second-order valence-corrected chi connectivity index (χ2v) is 6.27. The maximum Gasteiger partial charge on any atom is 0.258 e. The molecule has 0 aliphatic carbocycles. The van der Waals surface area contributed by atoms with Gasteiger partial charge in [-0.05, 0) is 75.3 Å². The average Bonchev–Trinajstić information content (AvgIpc) is 2.43. The van der Waals surface area contributed by atoms with Gasteiger partial charge in [-0.15, -0.1) is 0 Å². The van der Waals surface area contributed by atoms with E-state index in [1.165, 1.54) is 0 Å². The van der Waals surface area contributed by atoms with Crippen LogP contribution in [-0.4, -0.2) is 16.0 Å². The van der Waals surface area contributed by atoms with Crippen LogP contribution < -0.4 is 10.6 Å². The molecule has 108 valence electrons. The summed E-state index contributed by atoms with van der Waals surface area (Å²) in [6.45, 7) is 1.87. The molecule has 0 aliphatic heterocycles. The molecule has 0 atom stereocenters. The molecule has 0 aliphatic rings. The topological polar surface area (TPSA) is 54.0 Å². The van der Waals surface area contributed by atoms with Crippen molar-refractivity contribution in [2.45, 2.75) is 6.92 Å². The van der Waals surface area contributed by atoms with E-state index in [1.54, 1.807) is 24.3 Å². The number of rotatable bonds is 2. The molecule has 0 radical (unpaired) electrons. The van der Waals surface area contributed by atoms with Crippen molar-refractivity contribution in [2.75, 3.05) is 5.32 Å². The Hall–Kier alpha value is -1.31. The van der Waals surface area contributed by atoms with Gasteiger partial charge in [-0.3, -0.25) is 10.1 Å². The first-order valence-corrected chi connectivity index (χ1v) is 7.97. The number of benzene rings is 1.